The molecule has 4 heterocycles. The van der Waals surface area contributed by atoms with Crippen LogP contribution in [0.5, 0.6) is 0 Å². The van der Waals surface area contributed by atoms with Crippen LogP contribution >= 0.6 is 0 Å². The van der Waals surface area contributed by atoms with Gasteiger partial charge in [-0.25, -0.2) is 0 Å². The molecule has 144 valence electrons. The summed E-state index contributed by atoms with van der Waals surface area (Å²) in [5, 5.41) is 4.03. The number of carbonyl (C=O) groups excluding carboxylic acids is 1. The Morgan fingerprint density at radius 2 is 1.89 bits per heavy atom. The molecule has 0 aromatic carbocycles. The molecule has 1 aliphatic heterocycles. The molecule has 4 rings (SSSR count). The Bertz CT molecular complexity index is 984. The van der Waals surface area contributed by atoms with Gasteiger partial charge in [0.05, 0.1) is 17.0 Å². The van der Waals surface area contributed by atoms with Crippen LogP contribution in [0, 0.1) is 20.8 Å². The molecule has 6 heteroatoms. The molecule has 28 heavy (non-hydrogen) atoms. The molecular weight excluding hydrogens is 352 g/mol. The van der Waals surface area contributed by atoms with Gasteiger partial charge in [0.25, 0.3) is 5.91 Å². The van der Waals surface area contributed by atoms with Crippen LogP contribution in [-0.2, 0) is 0 Å². The van der Waals surface area contributed by atoms with E-state index in [2.05, 4.69) is 16.2 Å². The fourth-order valence-electron chi connectivity index (χ4n) is 3.90. The molecule has 0 unspecified atom stereocenters. The number of piperidine rings is 1. The first-order valence-electron chi connectivity index (χ1n) is 9.65. The van der Waals surface area contributed by atoms with E-state index in [0.29, 0.717) is 11.6 Å². The van der Waals surface area contributed by atoms with Gasteiger partial charge in [0.1, 0.15) is 11.5 Å². The molecule has 0 aliphatic carbocycles. The lowest BCUT2D eigenvalue weighted by Crippen LogP contribution is -2.38. The molecule has 3 aromatic heterocycles. The first-order chi connectivity index (χ1) is 13.5. The molecule has 1 fully saturated rings. The van der Waals surface area contributed by atoms with Gasteiger partial charge in [0.2, 0.25) is 0 Å². The summed E-state index contributed by atoms with van der Waals surface area (Å²) in [6.45, 7) is 7.21. The Morgan fingerprint density at radius 3 is 2.57 bits per heavy atom. The van der Waals surface area contributed by atoms with Crippen molar-refractivity contribution in [1.29, 1.82) is 0 Å². The molecule has 1 saturated heterocycles. The number of carbonyl (C=O) groups is 1. The zero-order valence-corrected chi connectivity index (χ0v) is 16.5. The van der Waals surface area contributed by atoms with E-state index in [9.17, 15) is 4.79 Å². The second-order valence-corrected chi connectivity index (χ2v) is 7.38. The number of hydrogen-bond donors (Lipinski definition) is 0. The summed E-state index contributed by atoms with van der Waals surface area (Å²) in [6.07, 6.45) is 3.47. The Hall–Kier alpha value is -3.02. The number of aromatic nitrogens is 3. The third-order valence-electron chi connectivity index (χ3n) is 5.47. The molecular formula is C22H24N4O2. The van der Waals surface area contributed by atoms with Crippen LogP contribution in [0.1, 0.15) is 52.0 Å². The van der Waals surface area contributed by atoms with Crippen molar-refractivity contribution < 1.29 is 9.32 Å². The minimum atomic E-state index is 0.0222. The molecule has 3 aromatic rings. The van der Waals surface area contributed by atoms with Crippen molar-refractivity contribution in [3.63, 3.8) is 0 Å². The van der Waals surface area contributed by atoms with Crippen molar-refractivity contribution in [2.75, 3.05) is 13.1 Å². The fraction of sp³-hybridized carbons (Fsp3) is 0.364. The Morgan fingerprint density at radius 1 is 1.11 bits per heavy atom. The summed E-state index contributed by atoms with van der Waals surface area (Å²) in [5.41, 5.74) is 5.27. The van der Waals surface area contributed by atoms with Crippen LogP contribution in [0.25, 0.3) is 11.3 Å². The van der Waals surface area contributed by atoms with Crippen molar-refractivity contribution in [3.8, 4) is 11.3 Å². The molecule has 0 bridgehead atoms. The van der Waals surface area contributed by atoms with Crippen LogP contribution in [-0.4, -0.2) is 39.0 Å². The fourth-order valence-corrected chi connectivity index (χ4v) is 3.90. The smallest absolute Gasteiger partial charge is 0.272 e. The number of aryl methyl sites for hydroxylation is 3. The summed E-state index contributed by atoms with van der Waals surface area (Å²) < 4.78 is 5.29. The average Bonchev–Trinajstić information content (AvgIpc) is 3.06. The predicted octanol–water partition coefficient (Wildman–Crippen LogP) is 4.08. The summed E-state index contributed by atoms with van der Waals surface area (Å²) in [7, 11) is 0. The van der Waals surface area contributed by atoms with E-state index >= 15 is 0 Å². The van der Waals surface area contributed by atoms with Crippen LogP contribution in [0.3, 0.4) is 0 Å². The number of likely N-dealkylation sites (tertiary alicyclic amines) is 1. The Labute approximate surface area is 164 Å². The molecule has 0 radical (unpaired) electrons. The van der Waals surface area contributed by atoms with Crippen molar-refractivity contribution in [2.24, 2.45) is 0 Å². The maximum atomic E-state index is 12.8. The maximum Gasteiger partial charge on any atom is 0.272 e. The maximum absolute atomic E-state index is 12.8. The molecule has 0 spiro atoms. The normalized spacial score (nSPS) is 15.0. The first-order valence-corrected chi connectivity index (χ1v) is 9.65. The Kier molecular flexibility index (Phi) is 4.94. The number of hydrogen-bond acceptors (Lipinski definition) is 5. The van der Waals surface area contributed by atoms with Gasteiger partial charge < -0.3 is 9.42 Å². The SMILES string of the molecule is Cc1cccnc1C(=O)N1CCC(c2cccc(-c3c(C)noc3C)n2)CC1. The topological polar surface area (TPSA) is 72.1 Å². The van der Waals surface area contributed by atoms with Gasteiger partial charge in [-0.15, -0.1) is 0 Å². The van der Waals surface area contributed by atoms with Gasteiger partial charge in [0, 0.05) is 30.9 Å². The number of amides is 1. The van der Waals surface area contributed by atoms with E-state index in [-0.39, 0.29) is 5.91 Å². The van der Waals surface area contributed by atoms with Crippen molar-refractivity contribution in [1.82, 2.24) is 20.0 Å². The van der Waals surface area contributed by atoms with Gasteiger partial charge in [-0.2, -0.15) is 0 Å². The highest BCUT2D eigenvalue weighted by Gasteiger charge is 2.27. The largest absolute Gasteiger partial charge is 0.361 e. The van der Waals surface area contributed by atoms with Gasteiger partial charge in [0.15, 0.2) is 0 Å². The zero-order valence-electron chi connectivity index (χ0n) is 16.5. The quantitative estimate of drug-likeness (QED) is 0.689. The van der Waals surface area contributed by atoms with E-state index < -0.39 is 0 Å². The van der Waals surface area contributed by atoms with Crippen LogP contribution in [0.2, 0.25) is 0 Å². The third kappa shape index (κ3) is 3.42. The lowest BCUT2D eigenvalue weighted by molar-refractivity contribution is 0.0705. The van der Waals surface area contributed by atoms with Gasteiger partial charge >= 0.3 is 0 Å². The average molecular weight is 376 g/mol. The van der Waals surface area contributed by atoms with Crippen molar-refractivity contribution in [3.05, 3.63) is 64.9 Å². The lowest BCUT2D eigenvalue weighted by Gasteiger charge is -2.32. The van der Waals surface area contributed by atoms with Crippen LogP contribution < -0.4 is 0 Å². The van der Waals surface area contributed by atoms with Crippen molar-refractivity contribution >= 4 is 5.91 Å². The summed E-state index contributed by atoms with van der Waals surface area (Å²) in [6, 6.07) is 9.90. The second kappa shape index (κ2) is 7.54. The van der Waals surface area contributed by atoms with E-state index in [1.165, 1.54) is 0 Å². The molecule has 0 atom stereocenters. The molecule has 1 aliphatic rings. The summed E-state index contributed by atoms with van der Waals surface area (Å²) in [5.74, 6) is 1.15. The lowest BCUT2D eigenvalue weighted by atomic mass is 9.92. The number of nitrogens with zero attached hydrogens (tertiary/aromatic N) is 4. The predicted molar refractivity (Wildman–Crippen MR) is 106 cm³/mol. The van der Waals surface area contributed by atoms with Gasteiger partial charge in [-0.3, -0.25) is 14.8 Å². The summed E-state index contributed by atoms with van der Waals surface area (Å²) >= 11 is 0. The van der Waals surface area contributed by atoms with Gasteiger partial charge in [-0.05, 0) is 57.4 Å². The van der Waals surface area contributed by atoms with Gasteiger partial charge in [-0.1, -0.05) is 17.3 Å². The van der Waals surface area contributed by atoms with Crippen molar-refractivity contribution in [2.45, 2.75) is 39.5 Å². The molecule has 6 nitrogen and oxygen atoms in total. The monoisotopic (exact) mass is 376 g/mol. The first kappa shape index (κ1) is 18.3. The van der Waals surface area contributed by atoms with Crippen LogP contribution in [0.4, 0.5) is 0 Å². The highest BCUT2D eigenvalue weighted by molar-refractivity contribution is 5.93. The third-order valence-corrected chi connectivity index (χ3v) is 5.47. The standard InChI is InChI=1S/C22H24N4O2/c1-14-6-5-11-23-21(14)22(27)26-12-9-17(10-13-26)18-7-4-8-19(24-18)20-15(2)25-28-16(20)3/h4-8,11,17H,9-10,12-13H2,1-3H3. The molecule has 0 N–H and O–H groups in total. The number of pyridine rings is 2. The van der Waals surface area contributed by atoms with E-state index in [4.69, 9.17) is 9.51 Å². The number of rotatable bonds is 3. The van der Waals surface area contributed by atoms with E-state index in [1.807, 2.05) is 49.9 Å². The highest BCUT2D eigenvalue weighted by atomic mass is 16.5. The molecule has 0 saturated carbocycles. The highest BCUT2D eigenvalue weighted by Crippen LogP contribution is 2.31. The van der Waals surface area contributed by atoms with Crippen LogP contribution in [0.15, 0.2) is 41.1 Å². The Balaban J connectivity index is 1.48. The zero-order chi connectivity index (χ0) is 19.7. The minimum absolute atomic E-state index is 0.0222. The van der Waals surface area contributed by atoms with E-state index in [0.717, 1.165) is 59.9 Å². The molecule has 1 amide bonds. The second-order valence-electron chi connectivity index (χ2n) is 7.38. The minimum Gasteiger partial charge on any atom is -0.361 e. The summed E-state index contributed by atoms with van der Waals surface area (Å²) in [4.78, 5) is 23.8. The van der Waals surface area contributed by atoms with E-state index in [1.54, 1.807) is 6.20 Å².